The Labute approximate surface area is 100 Å². The average Bonchev–Trinajstić information content (AvgIpc) is 2.52. The average molecular weight is 238 g/mol. The molecule has 1 aromatic rings. The lowest BCUT2D eigenvalue weighted by Crippen LogP contribution is -2.59. The van der Waals surface area contributed by atoms with Crippen LogP contribution in [0.3, 0.4) is 0 Å². The molecule has 1 saturated heterocycles. The zero-order valence-electron chi connectivity index (χ0n) is 10.4. The lowest BCUT2D eigenvalue weighted by atomic mass is 10.0. The van der Waals surface area contributed by atoms with Gasteiger partial charge in [0.15, 0.2) is 0 Å². The van der Waals surface area contributed by atoms with Gasteiger partial charge >= 0.3 is 0 Å². The number of hydrogen-bond donors (Lipinski definition) is 2. The summed E-state index contributed by atoms with van der Waals surface area (Å²) in [6, 6.07) is 0. The highest BCUT2D eigenvalue weighted by molar-refractivity contribution is 5.92. The van der Waals surface area contributed by atoms with Crippen LogP contribution < -0.4 is 10.6 Å². The standard InChI is InChI=1S/C11H18N4O2/c1-8-9(4-15(3)14-8)13-10(16)5-17-11(2)6-12-7-11/h4,12H,5-7H2,1-3H3,(H,13,16). The molecule has 6 heteroatoms. The number of nitrogens with one attached hydrogen (secondary N) is 2. The first-order valence-corrected chi connectivity index (χ1v) is 5.63. The number of nitrogens with zero attached hydrogens (tertiary/aromatic N) is 2. The molecule has 0 unspecified atom stereocenters. The van der Waals surface area contributed by atoms with E-state index in [9.17, 15) is 4.79 Å². The van der Waals surface area contributed by atoms with Crippen molar-refractivity contribution in [2.75, 3.05) is 25.0 Å². The molecule has 0 spiro atoms. The van der Waals surface area contributed by atoms with Gasteiger partial charge in [0.25, 0.3) is 0 Å². The highest BCUT2D eigenvalue weighted by Crippen LogP contribution is 2.15. The Hall–Kier alpha value is -1.40. The van der Waals surface area contributed by atoms with Gasteiger partial charge in [-0.25, -0.2) is 0 Å². The molecule has 17 heavy (non-hydrogen) atoms. The van der Waals surface area contributed by atoms with Crippen LogP contribution in [0.25, 0.3) is 0 Å². The number of carbonyl (C=O) groups excluding carboxylic acids is 1. The van der Waals surface area contributed by atoms with Crippen molar-refractivity contribution in [1.29, 1.82) is 0 Å². The molecule has 0 atom stereocenters. The molecule has 1 aliphatic heterocycles. The van der Waals surface area contributed by atoms with E-state index in [-0.39, 0.29) is 18.1 Å². The molecule has 2 N–H and O–H groups in total. The van der Waals surface area contributed by atoms with E-state index in [0.29, 0.717) is 0 Å². The highest BCUT2D eigenvalue weighted by Gasteiger charge is 2.33. The fourth-order valence-corrected chi connectivity index (χ4v) is 1.73. The van der Waals surface area contributed by atoms with E-state index in [1.165, 1.54) is 0 Å². The van der Waals surface area contributed by atoms with Crippen molar-refractivity contribution < 1.29 is 9.53 Å². The second kappa shape index (κ2) is 4.46. The molecule has 6 nitrogen and oxygen atoms in total. The smallest absolute Gasteiger partial charge is 0.250 e. The molecule has 2 heterocycles. The van der Waals surface area contributed by atoms with Crippen LogP contribution in [-0.2, 0) is 16.6 Å². The zero-order valence-corrected chi connectivity index (χ0v) is 10.4. The van der Waals surface area contributed by atoms with E-state index >= 15 is 0 Å². The Morgan fingerprint density at radius 3 is 2.88 bits per heavy atom. The zero-order chi connectivity index (χ0) is 12.5. The van der Waals surface area contributed by atoms with Crippen LogP contribution in [0.2, 0.25) is 0 Å². The fourth-order valence-electron chi connectivity index (χ4n) is 1.73. The first-order chi connectivity index (χ1) is 7.98. The molecule has 1 aromatic heterocycles. The third-order valence-corrected chi connectivity index (χ3v) is 2.84. The molecule has 94 valence electrons. The summed E-state index contributed by atoms with van der Waals surface area (Å²) in [4.78, 5) is 11.7. The lowest BCUT2D eigenvalue weighted by Gasteiger charge is -2.38. The molecule has 0 radical (unpaired) electrons. The second-order valence-corrected chi connectivity index (χ2v) is 4.69. The Kier molecular flexibility index (Phi) is 3.17. The maximum atomic E-state index is 11.7. The normalized spacial score (nSPS) is 17.6. The van der Waals surface area contributed by atoms with Crippen LogP contribution in [0.15, 0.2) is 6.20 Å². The van der Waals surface area contributed by atoms with E-state index in [2.05, 4.69) is 15.7 Å². The molecule has 1 amide bonds. The predicted octanol–water partition coefficient (Wildman–Crippen LogP) is 0.0455. The summed E-state index contributed by atoms with van der Waals surface area (Å²) in [6.45, 7) is 5.52. The summed E-state index contributed by atoms with van der Waals surface area (Å²) in [7, 11) is 1.82. The van der Waals surface area contributed by atoms with Crippen LogP contribution in [-0.4, -0.2) is 41.0 Å². The topological polar surface area (TPSA) is 68.2 Å². The summed E-state index contributed by atoms with van der Waals surface area (Å²) >= 11 is 0. The van der Waals surface area contributed by atoms with Crippen LogP contribution in [0, 0.1) is 6.92 Å². The second-order valence-electron chi connectivity index (χ2n) is 4.69. The number of hydrogen-bond acceptors (Lipinski definition) is 4. The van der Waals surface area contributed by atoms with Crippen LogP contribution in [0.4, 0.5) is 5.69 Å². The Bertz CT molecular complexity index is 423. The number of ether oxygens (including phenoxy) is 1. The summed E-state index contributed by atoms with van der Waals surface area (Å²) in [5.41, 5.74) is 1.34. The maximum Gasteiger partial charge on any atom is 0.250 e. The first kappa shape index (κ1) is 12.1. The van der Waals surface area contributed by atoms with Crippen LogP contribution in [0.5, 0.6) is 0 Å². The van der Waals surface area contributed by atoms with E-state index in [0.717, 1.165) is 24.5 Å². The molecule has 2 rings (SSSR count). The predicted molar refractivity (Wildman–Crippen MR) is 63.8 cm³/mol. The fraction of sp³-hybridized carbons (Fsp3) is 0.636. The number of carbonyl (C=O) groups is 1. The van der Waals surface area contributed by atoms with Crippen molar-refractivity contribution in [3.8, 4) is 0 Å². The van der Waals surface area contributed by atoms with Crippen molar-refractivity contribution in [3.63, 3.8) is 0 Å². The van der Waals surface area contributed by atoms with Gasteiger partial charge in [-0.2, -0.15) is 5.10 Å². The molecular weight excluding hydrogens is 220 g/mol. The Morgan fingerprint density at radius 1 is 1.71 bits per heavy atom. The molecular formula is C11H18N4O2. The SMILES string of the molecule is Cc1nn(C)cc1NC(=O)COC1(C)CNC1. The van der Waals surface area contributed by atoms with Gasteiger partial charge in [0.2, 0.25) is 5.91 Å². The molecule has 1 aliphatic rings. The van der Waals surface area contributed by atoms with E-state index in [4.69, 9.17) is 4.74 Å². The van der Waals surface area contributed by atoms with Crippen molar-refractivity contribution in [2.24, 2.45) is 7.05 Å². The Balaban J connectivity index is 1.83. The van der Waals surface area contributed by atoms with Gasteiger partial charge in [0, 0.05) is 26.3 Å². The van der Waals surface area contributed by atoms with E-state index < -0.39 is 0 Å². The van der Waals surface area contributed by atoms with Crippen molar-refractivity contribution in [1.82, 2.24) is 15.1 Å². The minimum Gasteiger partial charge on any atom is -0.363 e. The van der Waals surface area contributed by atoms with Gasteiger partial charge < -0.3 is 15.4 Å². The minimum atomic E-state index is -0.193. The van der Waals surface area contributed by atoms with Gasteiger partial charge in [-0.15, -0.1) is 0 Å². The van der Waals surface area contributed by atoms with Gasteiger partial charge in [-0.05, 0) is 13.8 Å². The molecule has 0 bridgehead atoms. The van der Waals surface area contributed by atoms with E-state index in [1.54, 1.807) is 10.9 Å². The van der Waals surface area contributed by atoms with E-state index in [1.807, 2.05) is 20.9 Å². The minimum absolute atomic E-state index is 0.0759. The first-order valence-electron chi connectivity index (χ1n) is 5.63. The van der Waals surface area contributed by atoms with Gasteiger partial charge in [-0.3, -0.25) is 9.48 Å². The largest absolute Gasteiger partial charge is 0.363 e. The van der Waals surface area contributed by atoms with Crippen molar-refractivity contribution in [3.05, 3.63) is 11.9 Å². The number of aryl methyl sites for hydroxylation is 2. The van der Waals surface area contributed by atoms with Gasteiger partial charge in [0.1, 0.15) is 6.61 Å². The van der Waals surface area contributed by atoms with Crippen molar-refractivity contribution >= 4 is 11.6 Å². The maximum absolute atomic E-state index is 11.7. The van der Waals surface area contributed by atoms with Gasteiger partial charge in [0.05, 0.1) is 17.0 Å². The summed E-state index contributed by atoms with van der Waals surface area (Å²) < 4.78 is 7.21. The van der Waals surface area contributed by atoms with Crippen LogP contribution in [0.1, 0.15) is 12.6 Å². The lowest BCUT2D eigenvalue weighted by molar-refractivity contribution is -0.130. The molecule has 0 aliphatic carbocycles. The third kappa shape index (κ3) is 2.83. The molecule has 0 aromatic carbocycles. The quantitative estimate of drug-likeness (QED) is 0.777. The Morgan fingerprint density at radius 2 is 2.41 bits per heavy atom. The number of rotatable bonds is 4. The highest BCUT2D eigenvalue weighted by atomic mass is 16.5. The van der Waals surface area contributed by atoms with Crippen molar-refractivity contribution in [2.45, 2.75) is 19.4 Å². The summed E-state index contributed by atoms with van der Waals surface area (Å²) in [5, 5.41) is 10.1. The number of aromatic nitrogens is 2. The molecule has 1 fully saturated rings. The number of amides is 1. The monoisotopic (exact) mass is 238 g/mol. The number of anilines is 1. The van der Waals surface area contributed by atoms with Gasteiger partial charge in [-0.1, -0.05) is 0 Å². The summed E-state index contributed by atoms with van der Waals surface area (Å²) in [5.74, 6) is -0.144. The van der Waals surface area contributed by atoms with Crippen LogP contribution >= 0.6 is 0 Å². The molecule has 0 saturated carbocycles. The third-order valence-electron chi connectivity index (χ3n) is 2.84. The summed E-state index contributed by atoms with van der Waals surface area (Å²) in [6.07, 6.45) is 1.78.